The highest BCUT2D eigenvalue weighted by atomic mass is 35.5. The molecule has 0 saturated carbocycles. The first-order valence-corrected chi connectivity index (χ1v) is 6.27. The molecule has 0 heterocycles. The first-order chi connectivity index (χ1) is 9.04. The molecule has 0 aromatic heterocycles. The van der Waals surface area contributed by atoms with Crippen molar-refractivity contribution in [1.29, 1.82) is 0 Å². The quantitative estimate of drug-likeness (QED) is 0.729. The summed E-state index contributed by atoms with van der Waals surface area (Å²) in [4.78, 5) is 0. The molecule has 2 rings (SSSR count). The molecule has 1 nitrogen and oxygen atoms in total. The maximum absolute atomic E-state index is 13.9. The fraction of sp³-hybridized carbons (Fsp3) is 0.143. The Morgan fingerprint density at radius 2 is 1.84 bits per heavy atom. The summed E-state index contributed by atoms with van der Waals surface area (Å²) >= 11 is 12.1. The van der Waals surface area contributed by atoms with Gasteiger partial charge in [-0.3, -0.25) is 0 Å². The van der Waals surface area contributed by atoms with Crippen LogP contribution in [0.2, 0.25) is 5.02 Å². The van der Waals surface area contributed by atoms with E-state index in [1.54, 1.807) is 6.07 Å². The molecule has 0 N–H and O–H groups in total. The Hall–Kier alpha value is -1.32. The summed E-state index contributed by atoms with van der Waals surface area (Å²) < 4.78 is 32.6. The molecule has 0 aliphatic rings. The number of methoxy groups -OCH3 is 1. The van der Waals surface area contributed by atoms with Crippen LogP contribution in [0.3, 0.4) is 0 Å². The van der Waals surface area contributed by atoms with Crippen LogP contribution in [0.15, 0.2) is 36.4 Å². The second-order valence-electron chi connectivity index (χ2n) is 3.89. The third kappa shape index (κ3) is 2.82. The lowest BCUT2D eigenvalue weighted by Gasteiger charge is -2.14. The van der Waals surface area contributed by atoms with Crippen LogP contribution < -0.4 is 4.74 Å². The molecule has 5 heteroatoms. The molecule has 2 aromatic carbocycles. The van der Waals surface area contributed by atoms with Crippen LogP contribution in [0, 0.1) is 11.6 Å². The molecule has 0 spiro atoms. The lowest BCUT2D eigenvalue weighted by Crippen LogP contribution is -2.01. The smallest absolute Gasteiger partial charge is 0.131 e. The van der Waals surface area contributed by atoms with Gasteiger partial charge in [0.25, 0.3) is 0 Å². The number of alkyl halides is 1. The summed E-state index contributed by atoms with van der Waals surface area (Å²) in [5.74, 6) is -0.772. The van der Waals surface area contributed by atoms with E-state index < -0.39 is 17.0 Å². The highest BCUT2D eigenvalue weighted by Gasteiger charge is 2.21. The Kier molecular flexibility index (Phi) is 4.27. The molecule has 0 saturated heterocycles. The van der Waals surface area contributed by atoms with Gasteiger partial charge in [0.2, 0.25) is 0 Å². The predicted molar refractivity (Wildman–Crippen MR) is 72.1 cm³/mol. The monoisotopic (exact) mass is 302 g/mol. The van der Waals surface area contributed by atoms with Crippen molar-refractivity contribution in [3.8, 4) is 5.75 Å². The van der Waals surface area contributed by atoms with Gasteiger partial charge < -0.3 is 4.74 Å². The number of halogens is 4. The Labute approximate surface area is 119 Å². The number of benzene rings is 2. The van der Waals surface area contributed by atoms with Crippen LogP contribution in [-0.4, -0.2) is 7.11 Å². The standard InChI is InChI=1S/C14H10Cl2F2O/c1-19-8-5-6-9(12(18)7-8)14(16)13-10(15)3-2-4-11(13)17/h2-7,14H,1H3. The zero-order chi connectivity index (χ0) is 14.0. The van der Waals surface area contributed by atoms with Crippen molar-refractivity contribution in [3.63, 3.8) is 0 Å². The van der Waals surface area contributed by atoms with Gasteiger partial charge in [0, 0.05) is 22.2 Å². The van der Waals surface area contributed by atoms with Crippen LogP contribution in [0.25, 0.3) is 0 Å². The van der Waals surface area contributed by atoms with E-state index in [-0.39, 0.29) is 16.1 Å². The van der Waals surface area contributed by atoms with Crippen molar-refractivity contribution >= 4 is 23.2 Å². The molecule has 0 radical (unpaired) electrons. The minimum absolute atomic E-state index is 0.0647. The van der Waals surface area contributed by atoms with Crippen LogP contribution >= 0.6 is 23.2 Å². The molecular formula is C14H10Cl2F2O. The second-order valence-corrected chi connectivity index (χ2v) is 4.73. The molecule has 0 fully saturated rings. The van der Waals surface area contributed by atoms with E-state index in [0.717, 1.165) is 0 Å². The average Bonchev–Trinajstić information content (AvgIpc) is 2.38. The van der Waals surface area contributed by atoms with E-state index >= 15 is 0 Å². The summed E-state index contributed by atoms with van der Waals surface area (Å²) in [6, 6.07) is 8.42. The maximum atomic E-state index is 13.9. The van der Waals surface area contributed by atoms with Gasteiger partial charge in [-0.1, -0.05) is 23.7 Å². The van der Waals surface area contributed by atoms with Crippen molar-refractivity contribution in [1.82, 2.24) is 0 Å². The van der Waals surface area contributed by atoms with Gasteiger partial charge in [-0.05, 0) is 18.2 Å². The highest BCUT2D eigenvalue weighted by Crippen LogP contribution is 2.37. The average molecular weight is 303 g/mol. The summed E-state index contributed by atoms with van der Waals surface area (Å²) in [6.45, 7) is 0. The van der Waals surface area contributed by atoms with Gasteiger partial charge >= 0.3 is 0 Å². The number of ether oxygens (including phenoxy) is 1. The van der Waals surface area contributed by atoms with Gasteiger partial charge in [-0.2, -0.15) is 0 Å². The third-order valence-electron chi connectivity index (χ3n) is 2.73. The molecular weight excluding hydrogens is 293 g/mol. The van der Waals surface area contributed by atoms with Crippen LogP contribution in [0.5, 0.6) is 5.75 Å². The molecule has 19 heavy (non-hydrogen) atoms. The predicted octanol–water partition coefficient (Wildman–Crippen LogP) is 4.96. The van der Waals surface area contributed by atoms with Gasteiger partial charge in [-0.15, -0.1) is 11.6 Å². The van der Waals surface area contributed by atoms with Gasteiger partial charge in [0.1, 0.15) is 17.4 Å². The molecule has 0 aliphatic carbocycles. The summed E-state index contributed by atoms with van der Waals surface area (Å²) in [5, 5.41) is -0.838. The topological polar surface area (TPSA) is 9.23 Å². The third-order valence-corrected chi connectivity index (χ3v) is 3.52. The Morgan fingerprint density at radius 1 is 1.11 bits per heavy atom. The fourth-order valence-electron chi connectivity index (χ4n) is 1.75. The van der Waals surface area contributed by atoms with E-state index in [2.05, 4.69) is 0 Å². The summed E-state index contributed by atoms with van der Waals surface area (Å²) in [6.07, 6.45) is 0. The molecule has 0 amide bonds. The number of rotatable bonds is 3. The maximum Gasteiger partial charge on any atom is 0.131 e. The molecule has 1 unspecified atom stereocenters. The lowest BCUT2D eigenvalue weighted by molar-refractivity contribution is 0.410. The first kappa shape index (κ1) is 14.1. The van der Waals surface area contributed by atoms with Crippen molar-refractivity contribution in [2.45, 2.75) is 5.38 Å². The largest absolute Gasteiger partial charge is 0.497 e. The Bertz CT molecular complexity index is 582. The zero-order valence-corrected chi connectivity index (χ0v) is 11.5. The van der Waals surface area contributed by atoms with E-state index in [0.29, 0.717) is 5.75 Å². The molecule has 0 aliphatic heterocycles. The first-order valence-electron chi connectivity index (χ1n) is 5.46. The normalized spacial score (nSPS) is 12.3. The van der Waals surface area contributed by atoms with Gasteiger partial charge in [0.15, 0.2) is 0 Å². The minimum Gasteiger partial charge on any atom is -0.497 e. The lowest BCUT2D eigenvalue weighted by atomic mass is 10.0. The second kappa shape index (κ2) is 5.76. The van der Waals surface area contributed by atoms with Gasteiger partial charge in [-0.25, -0.2) is 8.78 Å². The van der Waals surface area contributed by atoms with Gasteiger partial charge in [0.05, 0.1) is 12.5 Å². The van der Waals surface area contributed by atoms with Crippen LogP contribution in [-0.2, 0) is 0 Å². The number of hydrogen-bond acceptors (Lipinski definition) is 1. The van der Waals surface area contributed by atoms with Crippen molar-refractivity contribution in [3.05, 3.63) is 64.2 Å². The van der Waals surface area contributed by atoms with Crippen molar-refractivity contribution < 1.29 is 13.5 Å². The molecule has 100 valence electrons. The van der Waals surface area contributed by atoms with E-state index in [1.807, 2.05) is 0 Å². The molecule has 0 bridgehead atoms. The summed E-state index contributed by atoms with van der Waals surface area (Å²) in [5.41, 5.74) is 0.212. The highest BCUT2D eigenvalue weighted by molar-refractivity contribution is 6.33. The molecule has 2 aromatic rings. The van der Waals surface area contributed by atoms with Crippen LogP contribution in [0.4, 0.5) is 8.78 Å². The summed E-state index contributed by atoms with van der Waals surface area (Å²) in [7, 11) is 1.43. The van der Waals surface area contributed by atoms with Crippen LogP contribution in [0.1, 0.15) is 16.5 Å². The minimum atomic E-state index is -1.00. The molecule has 1 atom stereocenters. The van der Waals surface area contributed by atoms with Crippen molar-refractivity contribution in [2.24, 2.45) is 0 Å². The Balaban J connectivity index is 2.47. The van der Waals surface area contributed by atoms with E-state index in [4.69, 9.17) is 27.9 Å². The fourth-order valence-corrected chi connectivity index (χ4v) is 2.48. The SMILES string of the molecule is COc1ccc(C(Cl)c2c(F)cccc2Cl)c(F)c1. The Morgan fingerprint density at radius 3 is 2.42 bits per heavy atom. The van der Waals surface area contributed by atoms with E-state index in [9.17, 15) is 8.78 Å². The zero-order valence-electron chi connectivity index (χ0n) is 9.96. The van der Waals surface area contributed by atoms with E-state index in [1.165, 1.54) is 37.4 Å². The number of hydrogen-bond donors (Lipinski definition) is 0. The van der Waals surface area contributed by atoms with Crippen molar-refractivity contribution in [2.75, 3.05) is 7.11 Å².